The molecule has 0 unspecified atom stereocenters. The standard InChI is InChI=1S/C15H18N4O2/c20-15(19-8-3-1-2-4-9-19)17-13-7-5-6-12(10-13)14-18-16-11-21-14/h5-7,10-11H,1-4,8-9H2,(H,17,20). The lowest BCUT2D eigenvalue weighted by molar-refractivity contribution is 0.214. The van der Waals surface area contributed by atoms with E-state index in [2.05, 4.69) is 15.5 Å². The number of urea groups is 1. The Bertz CT molecular complexity index is 589. The Morgan fingerprint density at radius 2 is 2.00 bits per heavy atom. The molecule has 0 bridgehead atoms. The van der Waals surface area contributed by atoms with E-state index in [9.17, 15) is 4.79 Å². The van der Waals surface area contributed by atoms with E-state index in [1.165, 1.54) is 19.2 Å². The highest BCUT2D eigenvalue weighted by molar-refractivity contribution is 5.90. The van der Waals surface area contributed by atoms with E-state index < -0.39 is 0 Å². The molecule has 3 rings (SSSR count). The van der Waals surface area contributed by atoms with Gasteiger partial charge in [-0.05, 0) is 31.0 Å². The first-order valence-corrected chi connectivity index (χ1v) is 7.25. The minimum absolute atomic E-state index is 0.0421. The van der Waals surface area contributed by atoms with Crippen molar-refractivity contribution in [2.24, 2.45) is 0 Å². The third kappa shape index (κ3) is 3.39. The summed E-state index contributed by atoms with van der Waals surface area (Å²) in [5.74, 6) is 0.445. The lowest BCUT2D eigenvalue weighted by Crippen LogP contribution is -2.35. The molecular formula is C15H18N4O2. The molecule has 0 aliphatic carbocycles. The molecule has 0 radical (unpaired) electrons. The van der Waals surface area contributed by atoms with Crippen LogP contribution in [0.4, 0.5) is 10.5 Å². The van der Waals surface area contributed by atoms with Crippen LogP contribution in [0.2, 0.25) is 0 Å². The van der Waals surface area contributed by atoms with Crippen LogP contribution in [0.25, 0.3) is 11.5 Å². The van der Waals surface area contributed by atoms with Crippen molar-refractivity contribution in [1.82, 2.24) is 15.1 Å². The van der Waals surface area contributed by atoms with Gasteiger partial charge in [0, 0.05) is 24.3 Å². The Balaban J connectivity index is 1.69. The van der Waals surface area contributed by atoms with Gasteiger partial charge in [-0.15, -0.1) is 10.2 Å². The highest BCUT2D eigenvalue weighted by Crippen LogP contribution is 2.21. The number of rotatable bonds is 2. The third-order valence-corrected chi connectivity index (χ3v) is 3.61. The van der Waals surface area contributed by atoms with E-state index in [4.69, 9.17) is 4.42 Å². The molecule has 2 amide bonds. The molecule has 2 aromatic rings. The minimum Gasteiger partial charge on any atom is -0.423 e. The number of carbonyl (C=O) groups excluding carboxylic acids is 1. The summed E-state index contributed by atoms with van der Waals surface area (Å²) in [5, 5.41) is 10.5. The van der Waals surface area contributed by atoms with E-state index in [0.717, 1.165) is 37.2 Å². The number of nitrogens with one attached hydrogen (secondary N) is 1. The molecule has 2 heterocycles. The van der Waals surface area contributed by atoms with Crippen LogP contribution >= 0.6 is 0 Å². The summed E-state index contributed by atoms with van der Waals surface area (Å²) >= 11 is 0. The van der Waals surface area contributed by atoms with E-state index in [1.807, 2.05) is 29.2 Å². The van der Waals surface area contributed by atoms with Gasteiger partial charge in [0.25, 0.3) is 0 Å². The van der Waals surface area contributed by atoms with Crippen molar-refractivity contribution < 1.29 is 9.21 Å². The molecule has 110 valence electrons. The molecule has 1 fully saturated rings. The molecule has 21 heavy (non-hydrogen) atoms. The third-order valence-electron chi connectivity index (χ3n) is 3.61. The van der Waals surface area contributed by atoms with Crippen LogP contribution < -0.4 is 5.32 Å². The number of aromatic nitrogens is 2. The average Bonchev–Trinajstić information content (AvgIpc) is 2.90. The lowest BCUT2D eigenvalue weighted by Gasteiger charge is -2.20. The van der Waals surface area contributed by atoms with Crippen molar-refractivity contribution in [1.29, 1.82) is 0 Å². The zero-order valence-corrected chi connectivity index (χ0v) is 11.8. The van der Waals surface area contributed by atoms with Crippen molar-refractivity contribution in [3.05, 3.63) is 30.7 Å². The van der Waals surface area contributed by atoms with Crippen LogP contribution in [0.15, 0.2) is 35.1 Å². The molecule has 1 aliphatic heterocycles. The smallest absolute Gasteiger partial charge is 0.321 e. The fraction of sp³-hybridized carbons (Fsp3) is 0.400. The predicted molar refractivity (Wildman–Crippen MR) is 78.8 cm³/mol. The highest BCUT2D eigenvalue weighted by Gasteiger charge is 2.15. The van der Waals surface area contributed by atoms with Crippen LogP contribution in [0, 0.1) is 0 Å². The normalized spacial score (nSPS) is 15.5. The van der Waals surface area contributed by atoms with Gasteiger partial charge < -0.3 is 14.6 Å². The lowest BCUT2D eigenvalue weighted by atomic mass is 10.2. The molecule has 1 aromatic heterocycles. The number of carbonyl (C=O) groups is 1. The molecule has 1 N–H and O–H groups in total. The molecule has 1 aliphatic rings. The number of hydrogen-bond donors (Lipinski definition) is 1. The Kier molecular flexibility index (Phi) is 4.14. The van der Waals surface area contributed by atoms with Crippen LogP contribution in [0.3, 0.4) is 0 Å². The second kappa shape index (κ2) is 6.39. The van der Waals surface area contributed by atoms with E-state index >= 15 is 0 Å². The molecule has 6 heteroatoms. The van der Waals surface area contributed by atoms with E-state index in [1.54, 1.807) is 0 Å². The molecule has 6 nitrogen and oxygen atoms in total. The van der Waals surface area contributed by atoms with Gasteiger partial charge in [-0.1, -0.05) is 18.9 Å². The Morgan fingerprint density at radius 1 is 1.19 bits per heavy atom. The van der Waals surface area contributed by atoms with Crippen LogP contribution in [-0.2, 0) is 0 Å². The zero-order valence-electron chi connectivity index (χ0n) is 11.8. The summed E-state index contributed by atoms with van der Waals surface area (Å²) < 4.78 is 5.17. The Hall–Kier alpha value is -2.37. The van der Waals surface area contributed by atoms with Crippen LogP contribution in [-0.4, -0.2) is 34.2 Å². The summed E-state index contributed by atoms with van der Waals surface area (Å²) in [4.78, 5) is 14.2. The molecular weight excluding hydrogens is 268 g/mol. The number of hydrogen-bond acceptors (Lipinski definition) is 4. The molecule has 0 atom stereocenters. The highest BCUT2D eigenvalue weighted by atomic mass is 16.4. The molecule has 0 saturated carbocycles. The van der Waals surface area contributed by atoms with Gasteiger partial charge in [0.2, 0.25) is 12.3 Å². The van der Waals surface area contributed by atoms with Crippen molar-refractivity contribution in [2.75, 3.05) is 18.4 Å². The number of nitrogens with zero attached hydrogens (tertiary/aromatic N) is 3. The average molecular weight is 286 g/mol. The summed E-state index contributed by atoms with van der Waals surface area (Å²) in [6.07, 6.45) is 5.86. The van der Waals surface area contributed by atoms with Crippen molar-refractivity contribution in [3.8, 4) is 11.5 Å². The van der Waals surface area contributed by atoms with Gasteiger partial charge in [-0.2, -0.15) is 0 Å². The fourth-order valence-electron chi connectivity index (χ4n) is 2.51. The predicted octanol–water partition coefficient (Wildman–Crippen LogP) is 3.14. The Labute approximate surface area is 123 Å². The topological polar surface area (TPSA) is 71.3 Å². The van der Waals surface area contributed by atoms with Crippen molar-refractivity contribution in [2.45, 2.75) is 25.7 Å². The van der Waals surface area contributed by atoms with Crippen LogP contribution in [0.1, 0.15) is 25.7 Å². The van der Waals surface area contributed by atoms with E-state index in [0.29, 0.717) is 5.89 Å². The summed E-state index contributed by atoms with van der Waals surface area (Å²) in [6.45, 7) is 1.66. The van der Waals surface area contributed by atoms with E-state index in [-0.39, 0.29) is 6.03 Å². The van der Waals surface area contributed by atoms with Gasteiger partial charge >= 0.3 is 6.03 Å². The van der Waals surface area contributed by atoms with Crippen LogP contribution in [0.5, 0.6) is 0 Å². The number of anilines is 1. The number of benzene rings is 1. The first-order chi connectivity index (χ1) is 10.3. The zero-order chi connectivity index (χ0) is 14.5. The number of amides is 2. The second-order valence-electron chi connectivity index (χ2n) is 5.16. The van der Waals surface area contributed by atoms with Crippen molar-refractivity contribution >= 4 is 11.7 Å². The van der Waals surface area contributed by atoms with Gasteiger partial charge in [0.15, 0.2) is 0 Å². The number of likely N-dealkylation sites (tertiary alicyclic amines) is 1. The largest absolute Gasteiger partial charge is 0.423 e. The second-order valence-corrected chi connectivity index (χ2v) is 5.16. The Morgan fingerprint density at radius 3 is 2.71 bits per heavy atom. The van der Waals surface area contributed by atoms with Crippen molar-refractivity contribution in [3.63, 3.8) is 0 Å². The molecule has 1 aromatic carbocycles. The summed E-state index contributed by atoms with van der Waals surface area (Å²) in [5.41, 5.74) is 1.53. The quantitative estimate of drug-likeness (QED) is 0.920. The first kappa shape index (κ1) is 13.6. The van der Waals surface area contributed by atoms with Gasteiger partial charge in [0.1, 0.15) is 0 Å². The minimum atomic E-state index is -0.0421. The SMILES string of the molecule is O=C(Nc1cccc(-c2nnco2)c1)N1CCCCCC1. The summed E-state index contributed by atoms with van der Waals surface area (Å²) in [7, 11) is 0. The fourth-order valence-corrected chi connectivity index (χ4v) is 2.51. The maximum atomic E-state index is 12.3. The van der Waals surface area contributed by atoms with Gasteiger partial charge in [-0.3, -0.25) is 0 Å². The molecule has 0 spiro atoms. The molecule has 1 saturated heterocycles. The van der Waals surface area contributed by atoms with Gasteiger partial charge in [-0.25, -0.2) is 4.79 Å². The maximum absolute atomic E-state index is 12.3. The first-order valence-electron chi connectivity index (χ1n) is 7.25. The summed E-state index contributed by atoms with van der Waals surface area (Å²) in [6, 6.07) is 7.38. The monoisotopic (exact) mass is 286 g/mol. The van der Waals surface area contributed by atoms with Gasteiger partial charge in [0.05, 0.1) is 0 Å². The maximum Gasteiger partial charge on any atom is 0.321 e.